The number of carbonyl (C=O) groups excluding carboxylic acids is 1. The van der Waals surface area contributed by atoms with Crippen LogP contribution in [0.1, 0.15) is 16.2 Å². The molecule has 0 aliphatic carbocycles. The Kier molecular flexibility index (Phi) is 2.80. The lowest BCUT2D eigenvalue weighted by Gasteiger charge is -1.99. The summed E-state index contributed by atoms with van der Waals surface area (Å²) >= 11 is 4.95. The molecule has 0 fully saturated rings. The Labute approximate surface area is 116 Å². The predicted octanol–water partition coefficient (Wildman–Crippen LogP) is 3.95. The third-order valence-electron chi connectivity index (χ3n) is 2.80. The number of fused-ring (bicyclic) bond motifs is 1. The standard InChI is InChI=1S/C13H9BrN2OS/c1-8-7-18-13-15-12(11(6-17)16(8)13)9-2-4-10(14)5-3-9/h2-7H,1H3. The molecular weight excluding hydrogens is 312 g/mol. The first-order chi connectivity index (χ1) is 8.70. The van der Waals surface area contributed by atoms with Crippen LogP contribution in [0.25, 0.3) is 16.2 Å². The Balaban J connectivity index is 2.28. The van der Waals surface area contributed by atoms with Crippen LogP contribution in [0, 0.1) is 6.92 Å². The molecular formula is C13H9BrN2OS. The Morgan fingerprint density at radius 1 is 1.33 bits per heavy atom. The summed E-state index contributed by atoms with van der Waals surface area (Å²) in [6.45, 7) is 1.98. The predicted molar refractivity (Wildman–Crippen MR) is 76.3 cm³/mol. The third-order valence-corrected chi connectivity index (χ3v) is 4.27. The van der Waals surface area contributed by atoms with Crippen LogP contribution in [0.5, 0.6) is 0 Å². The zero-order valence-corrected chi connectivity index (χ0v) is 12.0. The van der Waals surface area contributed by atoms with Crippen molar-refractivity contribution in [3.63, 3.8) is 0 Å². The first-order valence-corrected chi connectivity index (χ1v) is 7.05. The van der Waals surface area contributed by atoms with E-state index in [2.05, 4.69) is 20.9 Å². The smallest absolute Gasteiger partial charge is 0.195 e. The molecule has 0 aliphatic rings. The van der Waals surface area contributed by atoms with Gasteiger partial charge >= 0.3 is 0 Å². The third kappa shape index (κ3) is 1.71. The van der Waals surface area contributed by atoms with Crippen molar-refractivity contribution in [3.8, 4) is 11.3 Å². The SMILES string of the molecule is Cc1csc2nc(-c3ccc(Br)cc3)c(C=O)n12. The van der Waals surface area contributed by atoms with Gasteiger partial charge < -0.3 is 0 Å². The van der Waals surface area contributed by atoms with Crippen LogP contribution in [0.2, 0.25) is 0 Å². The second-order valence-electron chi connectivity index (χ2n) is 3.97. The summed E-state index contributed by atoms with van der Waals surface area (Å²) in [7, 11) is 0. The number of halogens is 1. The maximum atomic E-state index is 11.3. The molecule has 0 spiro atoms. The lowest BCUT2D eigenvalue weighted by molar-refractivity contribution is 0.111. The number of aryl methyl sites for hydroxylation is 1. The van der Waals surface area contributed by atoms with Crippen molar-refractivity contribution in [1.29, 1.82) is 0 Å². The molecule has 0 radical (unpaired) electrons. The summed E-state index contributed by atoms with van der Waals surface area (Å²) in [6, 6.07) is 7.81. The molecule has 3 nitrogen and oxygen atoms in total. The van der Waals surface area contributed by atoms with Gasteiger partial charge in [-0.3, -0.25) is 9.20 Å². The Morgan fingerprint density at radius 2 is 2.06 bits per heavy atom. The van der Waals surface area contributed by atoms with Crippen molar-refractivity contribution in [2.24, 2.45) is 0 Å². The number of carbonyl (C=O) groups is 1. The molecule has 5 heteroatoms. The van der Waals surface area contributed by atoms with Crippen molar-refractivity contribution in [3.05, 3.63) is 45.5 Å². The van der Waals surface area contributed by atoms with Crippen molar-refractivity contribution >= 4 is 38.5 Å². The van der Waals surface area contributed by atoms with E-state index in [0.29, 0.717) is 5.69 Å². The van der Waals surface area contributed by atoms with E-state index in [1.807, 2.05) is 41.0 Å². The summed E-state index contributed by atoms with van der Waals surface area (Å²) in [5, 5.41) is 2.00. The highest BCUT2D eigenvalue weighted by atomic mass is 79.9. The van der Waals surface area contributed by atoms with Gasteiger partial charge in [-0.15, -0.1) is 11.3 Å². The lowest BCUT2D eigenvalue weighted by atomic mass is 10.1. The summed E-state index contributed by atoms with van der Waals surface area (Å²) < 4.78 is 2.91. The minimum atomic E-state index is 0.617. The first kappa shape index (κ1) is 11.6. The first-order valence-electron chi connectivity index (χ1n) is 5.38. The second-order valence-corrected chi connectivity index (χ2v) is 5.72. The molecule has 0 bridgehead atoms. The normalized spacial score (nSPS) is 11.0. The second kappa shape index (κ2) is 4.33. The monoisotopic (exact) mass is 320 g/mol. The van der Waals surface area contributed by atoms with Crippen LogP contribution in [0.15, 0.2) is 34.1 Å². The van der Waals surface area contributed by atoms with Gasteiger partial charge in [-0.2, -0.15) is 0 Å². The minimum absolute atomic E-state index is 0.617. The molecule has 2 heterocycles. The Bertz CT molecular complexity index is 727. The number of thiazole rings is 1. The number of rotatable bonds is 2. The van der Waals surface area contributed by atoms with Crippen LogP contribution in [-0.2, 0) is 0 Å². The van der Waals surface area contributed by atoms with E-state index in [0.717, 1.165) is 32.7 Å². The number of hydrogen-bond donors (Lipinski definition) is 0. The van der Waals surface area contributed by atoms with E-state index >= 15 is 0 Å². The summed E-state index contributed by atoms with van der Waals surface area (Å²) in [5.74, 6) is 0. The van der Waals surface area contributed by atoms with Gasteiger partial charge in [0.05, 0.1) is 0 Å². The molecule has 1 aromatic carbocycles. The van der Waals surface area contributed by atoms with Gasteiger partial charge in [0.2, 0.25) is 0 Å². The van der Waals surface area contributed by atoms with Crippen molar-refractivity contribution < 1.29 is 4.79 Å². The molecule has 0 amide bonds. The Morgan fingerprint density at radius 3 is 2.72 bits per heavy atom. The van der Waals surface area contributed by atoms with E-state index in [4.69, 9.17) is 0 Å². The summed E-state index contributed by atoms with van der Waals surface area (Å²) in [5.41, 5.74) is 3.35. The number of benzene rings is 1. The average molecular weight is 321 g/mol. The van der Waals surface area contributed by atoms with Gasteiger partial charge in [0, 0.05) is 21.1 Å². The van der Waals surface area contributed by atoms with Crippen LogP contribution in [0.3, 0.4) is 0 Å². The van der Waals surface area contributed by atoms with Crippen LogP contribution in [-0.4, -0.2) is 15.7 Å². The molecule has 0 atom stereocenters. The molecule has 0 aliphatic heterocycles. The highest BCUT2D eigenvalue weighted by Crippen LogP contribution is 2.28. The average Bonchev–Trinajstić information content (AvgIpc) is 2.91. The van der Waals surface area contributed by atoms with Gasteiger partial charge in [0.15, 0.2) is 11.2 Å². The fraction of sp³-hybridized carbons (Fsp3) is 0.0769. The maximum Gasteiger partial charge on any atom is 0.195 e. The number of aromatic nitrogens is 2. The Hall–Kier alpha value is -1.46. The lowest BCUT2D eigenvalue weighted by Crippen LogP contribution is -1.93. The van der Waals surface area contributed by atoms with Gasteiger partial charge in [-0.05, 0) is 19.1 Å². The zero-order chi connectivity index (χ0) is 12.7. The molecule has 0 saturated heterocycles. The summed E-state index contributed by atoms with van der Waals surface area (Å²) in [4.78, 5) is 16.7. The van der Waals surface area contributed by atoms with Gasteiger partial charge in [0.25, 0.3) is 0 Å². The molecule has 3 rings (SSSR count). The molecule has 0 unspecified atom stereocenters. The van der Waals surface area contributed by atoms with Gasteiger partial charge in [0.1, 0.15) is 11.4 Å². The number of hydrogen-bond acceptors (Lipinski definition) is 3. The number of imidazole rings is 1. The summed E-state index contributed by atoms with van der Waals surface area (Å²) in [6.07, 6.45) is 0.872. The highest BCUT2D eigenvalue weighted by Gasteiger charge is 2.15. The molecule has 90 valence electrons. The van der Waals surface area contributed by atoms with Gasteiger partial charge in [-0.25, -0.2) is 4.98 Å². The fourth-order valence-electron chi connectivity index (χ4n) is 1.95. The van der Waals surface area contributed by atoms with E-state index in [1.54, 1.807) is 11.3 Å². The van der Waals surface area contributed by atoms with Crippen LogP contribution >= 0.6 is 27.3 Å². The number of aldehydes is 1. The largest absolute Gasteiger partial charge is 0.296 e. The molecule has 0 saturated carbocycles. The van der Waals surface area contributed by atoms with Crippen LogP contribution < -0.4 is 0 Å². The molecule has 3 aromatic rings. The topological polar surface area (TPSA) is 34.4 Å². The molecule has 0 N–H and O–H groups in total. The molecule has 2 aromatic heterocycles. The van der Waals surface area contributed by atoms with Crippen molar-refractivity contribution in [1.82, 2.24) is 9.38 Å². The fourth-order valence-corrected chi connectivity index (χ4v) is 3.09. The maximum absolute atomic E-state index is 11.3. The minimum Gasteiger partial charge on any atom is -0.296 e. The van der Waals surface area contributed by atoms with E-state index < -0.39 is 0 Å². The quantitative estimate of drug-likeness (QED) is 0.670. The molecule has 18 heavy (non-hydrogen) atoms. The van der Waals surface area contributed by atoms with Crippen molar-refractivity contribution in [2.75, 3.05) is 0 Å². The van der Waals surface area contributed by atoms with Crippen molar-refractivity contribution in [2.45, 2.75) is 6.92 Å². The highest BCUT2D eigenvalue weighted by molar-refractivity contribution is 9.10. The van der Waals surface area contributed by atoms with Gasteiger partial charge in [-0.1, -0.05) is 28.1 Å². The number of nitrogens with zero attached hydrogens (tertiary/aromatic N) is 2. The van der Waals surface area contributed by atoms with E-state index in [9.17, 15) is 4.79 Å². The van der Waals surface area contributed by atoms with Crippen LogP contribution in [0.4, 0.5) is 0 Å². The van der Waals surface area contributed by atoms with E-state index in [-0.39, 0.29) is 0 Å². The van der Waals surface area contributed by atoms with E-state index in [1.165, 1.54) is 0 Å². The zero-order valence-electron chi connectivity index (χ0n) is 9.55.